The van der Waals surface area contributed by atoms with E-state index in [1.807, 2.05) is 27.7 Å². The van der Waals surface area contributed by atoms with Crippen LogP contribution in [0.2, 0.25) is 0 Å². The minimum absolute atomic E-state index is 0.417. The lowest BCUT2D eigenvalue weighted by molar-refractivity contribution is -0.0413. The monoisotopic (exact) mass is 224 g/mol. The van der Waals surface area contributed by atoms with Gasteiger partial charge < -0.3 is 19.7 Å². The van der Waals surface area contributed by atoms with E-state index in [0.717, 1.165) is 26.4 Å². The Morgan fingerprint density at radius 3 is 0.933 bits per heavy atom. The first kappa shape index (κ1) is 20.3. The Bertz CT molecular complexity index is 67.0. The molecule has 0 heterocycles. The van der Waals surface area contributed by atoms with Gasteiger partial charge in [-0.2, -0.15) is 0 Å². The predicted octanol–water partition coefficient (Wildman–Crippen LogP) is 1.79. The molecular formula is C11H28O4. The quantitative estimate of drug-likeness (QED) is 0.699. The number of hydrogen-bond acceptors (Lipinski definition) is 4. The molecule has 96 valence electrons. The zero-order chi connectivity index (χ0) is 12.5. The van der Waals surface area contributed by atoms with Gasteiger partial charge in [0.05, 0.1) is 0 Å². The van der Waals surface area contributed by atoms with Crippen LogP contribution in [0.15, 0.2) is 0 Å². The molecule has 0 aromatic heterocycles. The van der Waals surface area contributed by atoms with E-state index >= 15 is 0 Å². The van der Waals surface area contributed by atoms with E-state index in [-0.39, 0.29) is 0 Å². The molecule has 15 heavy (non-hydrogen) atoms. The van der Waals surface area contributed by atoms with Crippen molar-refractivity contribution in [1.82, 2.24) is 0 Å². The molecule has 0 fully saturated rings. The smallest absolute Gasteiger partial charge is 0.151 e. The van der Waals surface area contributed by atoms with Crippen molar-refractivity contribution in [2.24, 2.45) is 0 Å². The first-order chi connectivity index (χ1) is 7.10. The van der Waals surface area contributed by atoms with Gasteiger partial charge in [-0.1, -0.05) is 6.92 Å². The molecule has 0 aliphatic rings. The van der Waals surface area contributed by atoms with Gasteiger partial charge in [0, 0.05) is 26.4 Å². The largest absolute Gasteiger partial charge is 0.382 e. The van der Waals surface area contributed by atoms with Crippen LogP contribution >= 0.6 is 0 Å². The number of aliphatic hydroxyl groups excluding tert-OH is 1. The van der Waals surface area contributed by atoms with Crippen LogP contribution in [0, 0.1) is 0 Å². The zero-order valence-corrected chi connectivity index (χ0v) is 10.8. The molecule has 0 aromatic carbocycles. The molecule has 0 aliphatic carbocycles. The Morgan fingerprint density at radius 2 is 0.933 bits per heavy atom. The first-order valence-corrected chi connectivity index (χ1v) is 5.61. The molecule has 0 aliphatic heterocycles. The van der Waals surface area contributed by atoms with Gasteiger partial charge in [-0.15, -0.1) is 0 Å². The summed E-state index contributed by atoms with van der Waals surface area (Å²) in [4.78, 5) is 0. The fourth-order valence-corrected chi connectivity index (χ4v) is 0.408. The molecule has 0 bridgehead atoms. The maximum Gasteiger partial charge on any atom is 0.151 e. The minimum atomic E-state index is -1.12. The Labute approximate surface area is 94.2 Å². The van der Waals surface area contributed by atoms with E-state index in [0.29, 0.717) is 6.42 Å². The Balaban J connectivity index is -0.000000144. The summed E-state index contributed by atoms with van der Waals surface area (Å²) >= 11 is 0. The summed E-state index contributed by atoms with van der Waals surface area (Å²) in [6.45, 7) is 13.0. The van der Waals surface area contributed by atoms with E-state index < -0.39 is 6.29 Å². The van der Waals surface area contributed by atoms with Gasteiger partial charge in [0.15, 0.2) is 6.29 Å². The summed E-state index contributed by atoms with van der Waals surface area (Å²) in [7, 11) is 0. The van der Waals surface area contributed by atoms with E-state index in [1.165, 1.54) is 0 Å². The maximum absolute atomic E-state index is 7.92. The average Bonchev–Trinajstić information content (AvgIpc) is 2.22. The second-order valence-corrected chi connectivity index (χ2v) is 2.45. The highest BCUT2D eigenvalue weighted by Crippen LogP contribution is 1.77. The number of hydrogen-bond donors (Lipinski definition) is 2. The van der Waals surface area contributed by atoms with Crippen LogP contribution in [-0.2, 0) is 9.47 Å². The molecule has 0 rings (SSSR count). The highest BCUT2D eigenvalue weighted by Gasteiger charge is 1.83. The standard InChI is InChI=1S/2C4H10O.C3H8O2/c2*1-3-5-4-2;1-2-3(4)5/h2*3-4H2,1-2H3;3-5H,2H2,1H3. The Kier molecular flexibility index (Phi) is 31.9. The first-order valence-electron chi connectivity index (χ1n) is 5.61. The molecule has 0 aromatic rings. The van der Waals surface area contributed by atoms with Gasteiger partial charge in [-0.25, -0.2) is 0 Å². The van der Waals surface area contributed by atoms with Crippen LogP contribution in [0.5, 0.6) is 0 Å². The summed E-state index contributed by atoms with van der Waals surface area (Å²) in [5.41, 5.74) is 0. The zero-order valence-electron chi connectivity index (χ0n) is 10.8. The van der Waals surface area contributed by atoms with Crippen molar-refractivity contribution in [2.75, 3.05) is 26.4 Å². The third-order valence-electron chi connectivity index (χ3n) is 1.18. The average molecular weight is 224 g/mol. The fraction of sp³-hybridized carbons (Fsp3) is 1.00. The molecule has 0 saturated carbocycles. The highest BCUT2D eigenvalue weighted by atomic mass is 16.5. The van der Waals surface area contributed by atoms with Crippen molar-refractivity contribution in [3.63, 3.8) is 0 Å². The molecule has 0 atom stereocenters. The lowest BCUT2D eigenvalue weighted by Gasteiger charge is -1.90. The highest BCUT2D eigenvalue weighted by molar-refractivity contribution is 4.21. The third kappa shape index (κ3) is 56.9. The summed E-state index contributed by atoms with van der Waals surface area (Å²) in [5.74, 6) is 0. The van der Waals surface area contributed by atoms with Crippen LogP contribution < -0.4 is 0 Å². The van der Waals surface area contributed by atoms with E-state index in [1.54, 1.807) is 6.92 Å². The SMILES string of the molecule is CCC(O)O.CCOCC.CCOCC. The molecular weight excluding hydrogens is 196 g/mol. The number of aliphatic hydroxyl groups is 2. The maximum atomic E-state index is 7.92. The van der Waals surface area contributed by atoms with E-state index in [4.69, 9.17) is 19.7 Å². The van der Waals surface area contributed by atoms with Crippen molar-refractivity contribution >= 4 is 0 Å². The van der Waals surface area contributed by atoms with Gasteiger partial charge >= 0.3 is 0 Å². The Hall–Kier alpha value is -0.160. The van der Waals surface area contributed by atoms with Crippen LogP contribution in [0.1, 0.15) is 41.0 Å². The molecule has 0 spiro atoms. The topological polar surface area (TPSA) is 58.9 Å². The van der Waals surface area contributed by atoms with Crippen molar-refractivity contribution in [3.05, 3.63) is 0 Å². The molecule has 4 nitrogen and oxygen atoms in total. The lowest BCUT2D eigenvalue weighted by atomic mass is 10.5. The van der Waals surface area contributed by atoms with Gasteiger partial charge in [-0.3, -0.25) is 0 Å². The van der Waals surface area contributed by atoms with Gasteiger partial charge in [0.25, 0.3) is 0 Å². The molecule has 0 unspecified atom stereocenters. The van der Waals surface area contributed by atoms with Gasteiger partial charge in [0.2, 0.25) is 0 Å². The number of ether oxygens (including phenoxy) is 2. The van der Waals surface area contributed by atoms with Gasteiger partial charge in [0.1, 0.15) is 0 Å². The summed E-state index contributed by atoms with van der Waals surface area (Å²) in [6.07, 6.45) is -0.699. The van der Waals surface area contributed by atoms with Crippen LogP contribution in [0.3, 0.4) is 0 Å². The van der Waals surface area contributed by atoms with Crippen molar-refractivity contribution in [3.8, 4) is 0 Å². The Morgan fingerprint density at radius 1 is 0.733 bits per heavy atom. The van der Waals surface area contributed by atoms with Crippen molar-refractivity contribution < 1.29 is 19.7 Å². The summed E-state index contributed by atoms with van der Waals surface area (Å²) in [6, 6.07) is 0. The fourth-order valence-electron chi connectivity index (χ4n) is 0.408. The molecule has 0 saturated heterocycles. The third-order valence-corrected chi connectivity index (χ3v) is 1.18. The summed E-state index contributed by atoms with van der Waals surface area (Å²) < 4.78 is 9.67. The van der Waals surface area contributed by atoms with Crippen LogP contribution in [0.4, 0.5) is 0 Å². The summed E-state index contributed by atoms with van der Waals surface area (Å²) in [5, 5.41) is 15.8. The van der Waals surface area contributed by atoms with Crippen molar-refractivity contribution in [2.45, 2.75) is 47.3 Å². The van der Waals surface area contributed by atoms with E-state index in [9.17, 15) is 0 Å². The second kappa shape index (κ2) is 23.6. The lowest BCUT2D eigenvalue weighted by Crippen LogP contribution is -1.99. The minimum Gasteiger partial charge on any atom is -0.382 e. The van der Waals surface area contributed by atoms with Crippen LogP contribution in [0.25, 0.3) is 0 Å². The second-order valence-electron chi connectivity index (χ2n) is 2.45. The molecule has 2 N–H and O–H groups in total. The molecule has 0 amide bonds. The van der Waals surface area contributed by atoms with Gasteiger partial charge in [-0.05, 0) is 34.1 Å². The molecule has 0 radical (unpaired) electrons. The van der Waals surface area contributed by atoms with E-state index in [2.05, 4.69) is 0 Å². The molecule has 4 heteroatoms. The van der Waals surface area contributed by atoms with Crippen LogP contribution in [-0.4, -0.2) is 42.9 Å². The predicted molar refractivity (Wildman–Crippen MR) is 62.9 cm³/mol. The van der Waals surface area contributed by atoms with Crippen molar-refractivity contribution in [1.29, 1.82) is 0 Å². The number of rotatable bonds is 5. The normalized spacial score (nSPS) is 8.80.